The van der Waals surface area contributed by atoms with E-state index in [1.807, 2.05) is 25.4 Å². The maximum absolute atomic E-state index is 6.16. The maximum atomic E-state index is 6.16. The van der Waals surface area contributed by atoms with Gasteiger partial charge in [-0.25, -0.2) is 15.0 Å². The lowest BCUT2D eigenvalue weighted by atomic mass is 9.90. The van der Waals surface area contributed by atoms with E-state index in [1.54, 1.807) is 13.2 Å². The van der Waals surface area contributed by atoms with Gasteiger partial charge in [0, 0.05) is 35.9 Å². The van der Waals surface area contributed by atoms with E-state index in [1.165, 1.54) is 17.3 Å². The largest absolute Gasteiger partial charge is 0.383 e. The molecular weight excluding hydrogens is 390 g/mol. The van der Waals surface area contributed by atoms with Gasteiger partial charge < -0.3 is 22.2 Å². The van der Waals surface area contributed by atoms with E-state index < -0.39 is 0 Å². The van der Waals surface area contributed by atoms with Crippen molar-refractivity contribution in [2.75, 3.05) is 25.1 Å². The Morgan fingerprint density at radius 1 is 1.32 bits per heavy atom. The number of nitrogens with one attached hydrogen (secondary N) is 2. The number of aliphatic imine (C=N–C) groups is 1. The van der Waals surface area contributed by atoms with Crippen LogP contribution in [0.15, 0.2) is 40.7 Å². The van der Waals surface area contributed by atoms with Gasteiger partial charge in [-0.15, -0.1) is 0 Å². The molecule has 0 saturated heterocycles. The normalized spacial score (nSPS) is 18.6. The molecule has 3 aromatic heterocycles. The Bertz CT molecular complexity index is 1180. The van der Waals surface area contributed by atoms with Gasteiger partial charge in [0.15, 0.2) is 0 Å². The molecule has 1 aliphatic rings. The quantitative estimate of drug-likeness (QED) is 0.274. The number of hydrogen-bond acceptors (Lipinski definition) is 9. The number of hydrazone groups is 1. The number of pyridine rings is 3. The molecule has 0 radical (unpaired) electrons. The van der Waals surface area contributed by atoms with Gasteiger partial charge in [0.25, 0.3) is 0 Å². The zero-order valence-electron chi connectivity index (χ0n) is 18.0. The van der Waals surface area contributed by atoms with Crippen molar-refractivity contribution >= 4 is 40.2 Å². The summed E-state index contributed by atoms with van der Waals surface area (Å²) in [7, 11) is 3.68. The van der Waals surface area contributed by atoms with Crippen molar-refractivity contribution in [3.8, 4) is 0 Å². The van der Waals surface area contributed by atoms with E-state index in [2.05, 4.69) is 48.7 Å². The van der Waals surface area contributed by atoms with Crippen LogP contribution in [-0.4, -0.2) is 41.0 Å². The zero-order valence-corrected chi connectivity index (χ0v) is 18.0. The number of rotatable bonds is 6. The molecule has 0 aromatic carbocycles. The highest BCUT2D eigenvalue weighted by molar-refractivity contribution is 6.38. The molecule has 31 heavy (non-hydrogen) atoms. The number of hydrogen-bond donors (Lipinski definition) is 4. The van der Waals surface area contributed by atoms with E-state index in [9.17, 15) is 0 Å². The Hall–Kier alpha value is -3.59. The second-order valence-electron chi connectivity index (χ2n) is 7.57. The van der Waals surface area contributed by atoms with Crippen LogP contribution in [0.2, 0.25) is 0 Å². The summed E-state index contributed by atoms with van der Waals surface area (Å²) < 4.78 is 0. The highest BCUT2D eigenvalue weighted by atomic mass is 15.1. The van der Waals surface area contributed by atoms with Crippen LogP contribution in [0.5, 0.6) is 0 Å². The Morgan fingerprint density at radius 2 is 2.16 bits per heavy atom. The summed E-state index contributed by atoms with van der Waals surface area (Å²) in [5, 5.41) is 12.1. The Labute approximate surface area is 181 Å². The van der Waals surface area contributed by atoms with Crippen LogP contribution in [0.1, 0.15) is 36.6 Å². The smallest absolute Gasteiger partial charge is 0.135 e. The maximum Gasteiger partial charge on any atom is 0.135 e. The lowest BCUT2D eigenvalue weighted by Gasteiger charge is -2.28. The third-order valence-electron chi connectivity index (χ3n) is 6.15. The molecular formula is C22H27N9. The lowest BCUT2D eigenvalue weighted by Crippen LogP contribution is -2.37. The molecule has 0 aliphatic heterocycles. The summed E-state index contributed by atoms with van der Waals surface area (Å²) in [4.78, 5) is 17.7. The van der Waals surface area contributed by atoms with Crippen LogP contribution in [0.3, 0.4) is 0 Å². The summed E-state index contributed by atoms with van der Waals surface area (Å²) in [6, 6.07) is 5.95. The molecule has 0 amide bonds. The second kappa shape index (κ2) is 8.27. The highest BCUT2D eigenvalue weighted by Gasteiger charge is 2.37. The molecule has 9 nitrogen and oxygen atoms in total. The predicted molar refractivity (Wildman–Crippen MR) is 126 cm³/mol. The minimum absolute atomic E-state index is 0.000964. The number of nitrogens with zero attached hydrogens (tertiary/aromatic N) is 5. The SMILES string of the molecule is CC[C@]1(NC)CCc2c1ccnc2Nc1cc2cc(C(C=NN)=NC)nc(N)c2cn1. The van der Waals surface area contributed by atoms with Crippen LogP contribution in [-0.2, 0) is 12.0 Å². The Morgan fingerprint density at radius 3 is 2.87 bits per heavy atom. The number of aromatic nitrogens is 3. The number of fused-ring (bicyclic) bond motifs is 2. The van der Waals surface area contributed by atoms with Crippen LogP contribution in [0.4, 0.5) is 17.5 Å². The van der Waals surface area contributed by atoms with Gasteiger partial charge in [0.05, 0.1) is 11.9 Å². The van der Waals surface area contributed by atoms with Crippen molar-refractivity contribution in [2.45, 2.75) is 31.7 Å². The van der Waals surface area contributed by atoms with E-state index in [-0.39, 0.29) is 5.54 Å². The lowest BCUT2D eigenvalue weighted by molar-refractivity contribution is 0.346. The standard InChI is InChI=1S/C22H27N9/c1-4-22(26-3)7-5-14-16(22)6-8-27-21(14)31-19-10-13-9-17(18(25-2)12-29-24)30-20(23)15(13)11-28-19/h6,8-12,26H,4-5,7,24H2,1-3H3,(H2,23,30)(H,27,28,31)/t22-/m0/s1. The first-order valence-electron chi connectivity index (χ1n) is 10.3. The summed E-state index contributed by atoms with van der Waals surface area (Å²) in [6.07, 6.45) is 8.06. The van der Waals surface area contributed by atoms with E-state index in [4.69, 9.17) is 11.6 Å². The van der Waals surface area contributed by atoms with Crippen LogP contribution in [0, 0.1) is 0 Å². The van der Waals surface area contributed by atoms with Crippen molar-refractivity contribution < 1.29 is 0 Å². The number of nitrogens with two attached hydrogens (primary N) is 2. The summed E-state index contributed by atoms with van der Waals surface area (Å²) in [6.45, 7) is 2.21. The minimum atomic E-state index is 0.000964. The molecule has 4 rings (SSSR count). The molecule has 1 atom stereocenters. The molecule has 3 heterocycles. The van der Waals surface area contributed by atoms with E-state index in [0.29, 0.717) is 23.0 Å². The first kappa shape index (κ1) is 20.7. The molecule has 0 fully saturated rings. The topological polar surface area (TPSA) is 139 Å². The number of anilines is 3. The van der Waals surface area contributed by atoms with Gasteiger partial charge >= 0.3 is 0 Å². The molecule has 0 saturated carbocycles. The van der Waals surface area contributed by atoms with Crippen molar-refractivity contribution in [3.63, 3.8) is 0 Å². The summed E-state index contributed by atoms with van der Waals surface area (Å²) in [5.74, 6) is 7.18. The van der Waals surface area contributed by atoms with Gasteiger partial charge in [-0.05, 0) is 55.5 Å². The fraction of sp³-hybridized carbons (Fsp3) is 0.318. The fourth-order valence-electron chi connectivity index (χ4n) is 4.38. The average molecular weight is 418 g/mol. The molecule has 0 bridgehead atoms. The molecule has 3 aromatic rings. The molecule has 6 N–H and O–H groups in total. The molecule has 9 heteroatoms. The minimum Gasteiger partial charge on any atom is -0.383 e. The monoisotopic (exact) mass is 417 g/mol. The zero-order chi connectivity index (χ0) is 22.0. The van der Waals surface area contributed by atoms with Gasteiger partial charge in [0.2, 0.25) is 0 Å². The van der Waals surface area contributed by atoms with Crippen molar-refractivity contribution in [1.29, 1.82) is 0 Å². The second-order valence-corrected chi connectivity index (χ2v) is 7.57. The summed E-state index contributed by atoms with van der Waals surface area (Å²) >= 11 is 0. The fourth-order valence-corrected chi connectivity index (χ4v) is 4.38. The third kappa shape index (κ3) is 3.57. The third-order valence-corrected chi connectivity index (χ3v) is 6.15. The highest BCUT2D eigenvalue weighted by Crippen LogP contribution is 2.41. The first-order chi connectivity index (χ1) is 15.0. The van der Waals surface area contributed by atoms with Crippen LogP contribution in [0.25, 0.3) is 10.8 Å². The van der Waals surface area contributed by atoms with Crippen molar-refractivity contribution in [2.24, 2.45) is 15.9 Å². The molecule has 0 spiro atoms. The van der Waals surface area contributed by atoms with Crippen molar-refractivity contribution in [1.82, 2.24) is 20.3 Å². The van der Waals surface area contributed by atoms with Crippen LogP contribution < -0.4 is 22.2 Å². The Kier molecular flexibility index (Phi) is 5.51. The van der Waals surface area contributed by atoms with Gasteiger partial charge in [-0.1, -0.05) is 6.92 Å². The number of nitrogen functional groups attached to an aromatic ring is 1. The summed E-state index contributed by atoms with van der Waals surface area (Å²) in [5.41, 5.74) is 9.84. The predicted octanol–water partition coefficient (Wildman–Crippen LogP) is 2.48. The van der Waals surface area contributed by atoms with E-state index in [0.717, 1.165) is 35.9 Å². The first-order valence-corrected chi connectivity index (χ1v) is 10.3. The molecule has 1 aliphatic carbocycles. The van der Waals surface area contributed by atoms with Crippen molar-refractivity contribution in [3.05, 3.63) is 47.4 Å². The molecule has 160 valence electrons. The Balaban J connectivity index is 1.73. The van der Waals surface area contributed by atoms with Crippen LogP contribution >= 0.6 is 0 Å². The molecule has 0 unspecified atom stereocenters. The van der Waals surface area contributed by atoms with E-state index >= 15 is 0 Å². The van der Waals surface area contributed by atoms with Gasteiger partial charge in [-0.3, -0.25) is 4.99 Å². The average Bonchev–Trinajstić information content (AvgIpc) is 3.17. The van der Waals surface area contributed by atoms with Gasteiger partial charge in [-0.2, -0.15) is 5.10 Å². The van der Waals surface area contributed by atoms with Gasteiger partial charge in [0.1, 0.15) is 23.2 Å².